The lowest BCUT2D eigenvalue weighted by Gasteiger charge is -2.50. The molecule has 1 spiro atoms. The number of thiazole rings is 1. The molecule has 2 aromatic rings. The molecule has 0 radical (unpaired) electrons. The lowest BCUT2D eigenvalue weighted by Crippen LogP contribution is -2.64. The first kappa shape index (κ1) is 16.7. The van der Waals surface area contributed by atoms with E-state index in [1.165, 1.54) is 0 Å². The third-order valence-corrected chi connectivity index (χ3v) is 6.02. The summed E-state index contributed by atoms with van der Waals surface area (Å²) in [4.78, 5) is 18.9. The van der Waals surface area contributed by atoms with E-state index in [9.17, 15) is 4.79 Å². The molecule has 0 bridgehead atoms. The first-order valence-corrected chi connectivity index (χ1v) is 9.55. The number of hydrogen-bond acceptors (Lipinski definition) is 6. The van der Waals surface area contributed by atoms with Gasteiger partial charge in [-0.3, -0.25) is 14.4 Å². The van der Waals surface area contributed by atoms with E-state index in [0.29, 0.717) is 18.2 Å². The Morgan fingerprint density at radius 1 is 1.48 bits per heavy atom. The number of aromatic nitrogens is 3. The Balaban J connectivity index is 1.25. The molecule has 8 heteroatoms. The molecule has 134 valence electrons. The van der Waals surface area contributed by atoms with Crippen LogP contribution in [0.4, 0.5) is 0 Å². The maximum Gasteiger partial charge on any atom is 0.269 e. The van der Waals surface area contributed by atoms with Crippen LogP contribution in [-0.4, -0.2) is 57.4 Å². The Hall–Kier alpha value is -1.77. The first-order valence-electron chi connectivity index (χ1n) is 8.67. The quantitative estimate of drug-likeness (QED) is 0.839. The van der Waals surface area contributed by atoms with Gasteiger partial charge in [-0.15, -0.1) is 11.3 Å². The van der Waals surface area contributed by atoms with Crippen molar-refractivity contribution in [3.63, 3.8) is 0 Å². The number of likely N-dealkylation sites (tertiary alicyclic amines) is 1. The van der Waals surface area contributed by atoms with Crippen molar-refractivity contribution in [2.75, 3.05) is 26.2 Å². The second-order valence-electron chi connectivity index (χ2n) is 6.85. The summed E-state index contributed by atoms with van der Waals surface area (Å²) in [5.41, 5.74) is 0.574. The molecule has 25 heavy (non-hydrogen) atoms. The number of ether oxygens (including phenoxy) is 1. The van der Waals surface area contributed by atoms with Crippen molar-refractivity contribution in [2.45, 2.75) is 25.0 Å². The van der Waals surface area contributed by atoms with Gasteiger partial charge in [0.2, 0.25) is 0 Å². The average molecular weight is 361 g/mol. The smallest absolute Gasteiger partial charge is 0.269 e. The van der Waals surface area contributed by atoms with Crippen molar-refractivity contribution in [1.29, 1.82) is 0 Å². The van der Waals surface area contributed by atoms with Gasteiger partial charge >= 0.3 is 0 Å². The molecule has 2 fully saturated rings. The largest absolute Gasteiger partial charge is 0.372 e. The summed E-state index contributed by atoms with van der Waals surface area (Å²) in [5, 5.41) is 10.2. The fraction of sp³-hybridized carbons (Fsp3) is 0.588. The normalized spacial score (nSPS) is 22.2. The highest BCUT2D eigenvalue weighted by Gasteiger charge is 2.52. The van der Waals surface area contributed by atoms with Crippen LogP contribution in [-0.2, 0) is 18.3 Å². The number of hydrogen-bond donors (Lipinski definition) is 1. The first-order chi connectivity index (χ1) is 12.2. The van der Waals surface area contributed by atoms with Gasteiger partial charge in [0.05, 0.1) is 12.1 Å². The molecule has 1 atom stereocenters. The van der Waals surface area contributed by atoms with Gasteiger partial charge in [0.1, 0.15) is 10.7 Å². The van der Waals surface area contributed by atoms with Gasteiger partial charge < -0.3 is 10.1 Å². The molecule has 2 aromatic heterocycles. The SMILES string of the molecule is Cn1nccc1C(=O)NCCC1CCOC12CN(Cc1nccs1)C2. The van der Waals surface area contributed by atoms with E-state index in [4.69, 9.17) is 4.74 Å². The topological polar surface area (TPSA) is 72.3 Å². The predicted molar refractivity (Wildman–Crippen MR) is 94.3 cm³/mol. The molecule has 2 aliphatic rings. The second kappa shape index (κ2) is 6.86. The van der Waals surface area contributed by atoms with E-state index < -0.39 is 0 Å². The lowest BCUT2D eigenvalue weighted by atomic mass is 9.79. The standard InChI is InChI=1S/C17H23N5O2S/c1-21-14(3-6-20-21)16(23)19-5-2-13-4-8-24-17(13)11-22(12-17)10-15-18-7-9-25-15/h3,6-7,9,13H,2,4-5,8,10-12H2,1H3,(H,19,23). The number of aryl methyl sites for hydroxylation is 1. The summed E-state index contributed by atoms with van der Waals surface area (Å²) < 4.78 is 7.70. The van der Waals surface area contributed by atoms with Crippen LogP contribution < -0.4 is 5.32 Å². The maximum absolute atomic E-state index is 12.2. The van der Waals surface area contributed by atoms with Crippen molar-refractivity contribution < 1.29 is 9.53 Å². The minimum atomic E-state index is -0.0630. The van der Waals surface area contributed by atoms with E-state index in [2.05, 4.69) is 20.3 Å². The minimum Gasteiger partial charge on any atom is -0.372 e. The molecule has 0 aliphatic carbocycles. The number of amides is 1. The van der Waals surface area contributed by atoms with Gasteiger partial charge in [-0.05, 0) is 24.8 Å². The summed E-state index contributed by atoms with van der Waals surface area (Å²) >= 11 is 1.70. The molecule has 2 aliphatic heterocycles. The van der Waals surface area contributed by atoms with Crippen molar-refractivity contribution in [1.82, 2.24) is 25.0 Å². The van der Waals surface area contributed by atoms with Crippen LogP contribution in [0.15, 0.2) is 23.8 Å². The van der Waals surface area contributed by atoms with Crippen LogP contribution >= 0.6 is 11.3 Å². The van der Waals surface area contributed by atoms with Crippen LogP contribution in [0.2, 0.25) is 0 Å². The molecule has 1 N–H and O–H groups in total. The number of carbonyl (C=O) groups excluding carboxylic acids is 1. The minimum absolute atomic E-state index is 0.0193. The molecule has 1 unspecified atom stereocenters. The zero-order chi connectivity index (χ0) is 17.3. The Bertz CT molecular complexity index is 723. The van der Waals surface area contributed by atoms with Gasteiger partial charge in [0.15, 0.2) is 0 Å². The molecule has 4 rings (SSSR count). The van der Waals surface area contributed by atoms with Crippen LogP contribution in [0.25, 0.3) is 0 Å². The molecule has 0 aromatic carbocycles. The Morgan fingerprint density at radius 3 is 3.08 bits per heavy atom. The third-order valence-electron chi connectivity index (χ3n) is 5.26. The molecule has 0 saturated carbocycles. The Kier molecular flexibility index (Phi) is 4.58. The summed E-state index contributed by atoms with van der Waals surface area (Å²) in [6.45, 7) is 4.34. The second-order valence-corrected chi connectivity index (χ2v) is 7.83. The molecule has 2 saturated heterocycles. The monoisotopic (exact) mass is 361 g/mol. The summed E-state index contributed by atoms with van der Waals surface area (Å²) in [6.07, 6.45) is 5.52. The van der Waals surface area contributed by atoms with Crippen molar-refractivity contribution in [3.05, 3.63) is 34.5 Å². The fourth-order valence-corrected chi connectivity index (χ4v) is 4.59. The van der Waals surface area contributed by atoms with Crippen LogP contribution in [0.3, 0.4) is 0 Å². The van der Waals surface area contributed by atoms with Crippen molar-refractivity contribution in [2.24, 2.45) is 13.0 Å². The van der Waals surface area contributed by atoms with Crippen LogP contribution in [0.1, 0.15) is 28.3 Å². The molecule has 7 nitrogen and oxygen atoms in total. The zero-order valence-corrected chi connectivity index (χ0v) is 15.2. The van der Waals surface area contributed by atoms with E-state index in [-0.39, 0.29) is 11.5 Å². The van der Waals surface area contributed by atoms with Crippen molar-refractivity contribution in [3.8, 4) is 0 Å². The number of nitrogens with one attached hydrogen (secondary N) is 1. The summed E-state index contributed by atoms with van der Waals surface area (Å²) in [6, 6.07) is 1.73. The van der Waals surface area contributed by atoms with E-state index in [0.717, 1.165) is 44.1 Å². The van der Waals surface area contributed by atoms with Gasteiger partial charge in [0.25, 0.3) is 5.91 Å². The van der Waals surface area contributed by atoms with Crippen LogP contribution in [0.5, 0.6) is 0 Å². The highest BCUT2D eigenvalue weighted by molar-refractivity contribution is 7.09. The predicted octanol–water partition coefficient (Wildman–Crippen LogP) is 1.29. The van der Waals surface area contributed by atoms with Gasteiger partial charge in [-0.25, -0.2) is 4.98 Å². The summed E-state index contributed by atoms with van der Waals surface area (Å²) in [5.74, 6) is 0.443. The highest BCUT2D eigenvalue weighted by Crippen LogP contribution is 2.42. The number of rotatable bonds is 6. The fourth-order valence-electron chi connectivity index (χ4n) is 3.93. The van der Waals surface area contributed by atoms with Crippen molar-refractivity contribution >= 4 is 17.2 Å². The van der Waals surface area contributed by atoms with Gasteiger partial charge in [0, 0.05) is 51.1 Å². The summed E-state index contributed by atoms with van der Waals surface area (Å²) in [7, 11) is 1.78. The third kappa shape index (κ3) is 3.33. The molecule has 4 heterocycles. The molecular weight excluding hydrogens is 338 g/mol. The Labute approximate surface area is 151 Å². The van der Waals surface area contributed by atoms with E-state index in [1.807, 2.05) is 11.6 Å². The number of carbonyl (C=O) groups is 1. The molecule has 1 amide bonds. The van der Waals surface area contributed by atoms with Crippen LogP contribution in [0, 0.1) is 5.92 Å². The van der Waals surface area contributed by atoms with E-state index in [1.54, 1.807) is 35.3 Å². The van der Waals surface area contributed by atoms with Gasteiger partial charge in [-0.1, -0.05) is 0 Å². The highest BCUT2D eigenvalue weighted by atomic mass is 32.1. The lowest BCUT2D eigenvalue weighted by molar-refractivity contribution is -0.136. The van der Waals surface area contributed by atoms with Gasteiger partial charge in [-0.2, -0.15) is 5.10 Å². The van der Waals surface area contributed by atoms with E-state index >= 15 is 0 Å². The number of nitrogens with zero attached hydrogens (tertiary/aromatic N) is 4. The maximum atomic E-state index is 12.2. The average Bonchev–Trinajstić information content (AvgIpc) is 3.28. The Morgan fingerprint density at radius 2 is 2.36 bits per heavy atom. The zero-order valence-electron chi connectivity index (χ0n) is 14.4. The molecular formula is C17H23N5O2S.